The van der Waals surface area contributed by atoms with Crippen molar-refractivity contribution in [3.63, 3.8) is 0 Å². The highest BCUT2D eigenvalue weighted by molar-refractivity contribution is 6.33. The van der Waals surface area contributed by atoms with Crippen LogP contribution in [0.15, 0.2) is 42.5 Å². The van der Waals surface area contributed by atoms with Crippen LogP contribution >= 0.6 is 11.6 Å². The predicted octanol–water partition coefficient (Wildman–Crippen LogP) is 4.45. The van der Waals surface area contributed by atoms with Gasteiger partial charge in [0.1, 0.15) is 0 Å². The third-order valence-electron chi connectivity index (χ3n) is 6.11. The molecule has 7 heteroatoms. The van der Waals surface area contributed by atoms with E-state index in [1.807, 2.05) is 36.4 Å². The summed E-state index contributed by atoms with van der Waals surface area (Å²) in [7, 11) is 0. The molecular weight excluding hydrogens is 410 g/mol. The van der Waals surface area contributed by atoms with Gasteiger partial charge in [0.05, 0.1) is 6.57 Å². The minimum Gasteiger partial charge on any atom is -0.382 e. The van der Waals surface area contributed by atoms with E-state index in [-0.39, 0.29) is 11.9 Å². The van der Waals surface area contributed by atoms with Crippen LogP contribution in [0.2, 0.25) is 5.02 Å². The number of amides is 1. The van der Waals surface area contributed by atoms with Gasteiger partial charge in [-0.15, -0.1) is 0 Å². The monoisotopic (exact) mass is 437 g/mol. The van der Waals surface area contributed by atoms with Crippen molar-refractivity contribution in [2.75, 3.05) is 36.4 Å². The van der Waals surface area contributed by atoms with Crippen LogP contribution in [0.4, 0.5) is 17.1 Å². The maximum atomic E-state index is 12.7. The number of nitrogens with one attached hydrogen (secondary N) is 3. The van der Waals surface area contributed by atoms with Crippen molar-refractivity contribution in [1.29, 1.82) is 0 Å². The van der Waals surface area contributed by atoms with Crippen LogP contribution in [0.1, 0.15) is 36.0 Å². The summed E-state index contributed by atoms with van der Waals surface area (Å²) >= 11 is 6.13. The van der Waals surface area contributed by atoms with Crippen molar-refractivity contribution in [2.24, 2.45) is 0 Å². The van der Waals surface area contributed by atoms with Gasteiger partial charge in [0.25, 0.3) is 5.91 Å². The zero-order valence-electron chi connectivity index (χ0n) is 17.5. The molecule has 0 aromatic heterocycles. The molecule has 4 rings (SSSR count). The number of hydrogen-bond donors (Lipinski definition) is 3. The number of piperazine rings is 1. The summed E-state index contributed by atoms with van der Waals surface area (Å²) in [5.41, 5.74) is 3.30. The van der Waals surface area contributed by atoms with E-state index in [1.165, 1.54) is 5.69 Å². The van der Waals surface area contributed by atoms with E-state index in [2.05, 4.69) is 25.7 Å². The number of rotatable bonds is 5. The molecule has 1 saturated heterocycles. The lowest BCUT2D eigenvalue weighted by atomic mass is 9.90. The summed E-state index contributed by atoms with van der Waals surface area (Å²) in [5, 5.41) is 10.5. The Kier molecular flexibility index (Phi) is 6.96. The molecule has 3 N–H and O–H groups in total. The van der Waals surface area contributed by atoms with Gasteiger partial charge in [-0.2, -0.15) is 0 Å². The molecule has 162 valence electrons. The van der Waals surface area contributed by atoms with Gasteiger partial charge in [0.15, 0.2) is 0 Å². The molecule has 31 heavy (non-hydrogen) atoms. The number of halogens is 1. The van der Waals surface area contributed by atoms with Crippen LogP contribution in [-0.2, 0) is 0 Å². The van der Waals surface area contributed by atoms with Crippen molar-refractivity contribution in [3.8, 4) is 0 Å². The Morgan fingerprint density at radius 3 is 2.35 bits per heavy atom. The van der Waals surface area contributed by atoms with Crippen molar-refractivity contribution in [3.05, 3.63) is 64.5 Å². The minimum atomic E-state index is 0.00443. The highest BCUT2D eigenvalue weighted by Crippen LogP contribution is 2.30. The predicted molar refractivity (Wildman–Crippen MR) is 126 cm³/mol. The third kappa shape index (κ3) is 5.49. The van der Waals surface area contributed by atoms with Crippen molar-refractivity contribution in [1.82, 2.24) is 10.6 Å². The van der Waals surface area contributed by atoms with Gasteiger partial charge in [-0.1, -0.05) is 17.7 Å². The van der Waals surface area contributed by atoms with Gasteiger partial charge < -0.3 is 20.9 Å². The van der Waals surface area contributed by atoms with E-state index in [9.17, 15) is 4.79 Å². The summed E-state index contributed by atoms with van der Waals surface area (Å²) in [6, 6.07) is 14.0. The summed E-state index contributed by atoms with van der Waals surface area (Å²) < 4.78 is 0. The van der Waals surface area contributed by atoms with E-state index in [4.69, 9.17) is 18.2 Å². The van der Waals surface area contributed by atoms with E-state index in [0.717, 1.165) is 57.5 Å². The van der Waals surface area contributed by atoms with Crippen LogP contribution in [0, 0.1) is 6.57 Å². The van der Waals surface area contributed by atoms with E-state index in [1.54, 1.807) is 6.07 Å². The average molecular weight is 438 g/mol. The lowest BCUT2D eigenvalue weighted by Gasteiger charge is -2.31. The second-order valence-electron chi connectivity index (χ2n) is 8.23. The molecule has 1 aliphatic heterocycles. The molecule has 1 heterocycles. The number of anilines is 2. The fraction of sp³-hybridized carbons (Fsp3) is 0.417. The molecule has 1 saturated carbocycles. The molecule has 2 aliphatic rings. The molecule has 0 radical (unpaired) electrons. The Morgan fingerprint density at radius 1 is 1.03 bits per heavy atom. The fourth-order valence-electron chi connectivity index (χ4n) is 4.32. The molecular formula is C24H28ClN5O. The Balaban J connectivity index is 1.25. The first-order valence-corrected chi connectivity index (χ1v) is 11.3. The van der Waals surface area contributed by atoms with Gasteiger partial charge >= 0.3 is 0 Å². The Hall–Kier alpha value is -2.75. The lowest BCUT2D eigenvalue weighted by molar-refractivity contribution is 0.0926. The van der Waals surface area contributed by atoms with Gasteiger partial charge in [0, 0.05) is 60.2 Å². The second kappa shape index (κ2) is 10.0. The quantitative estimate of drug-likeness (QED) is 0.604. The van der Waals surface area contributed by atoms with E-state index < -0.39 is 0 Å². The Bertz CT molecular complexity index is 941. The van der Waals surface area contributed by atoms with Crippen LogP contribution in [0.5, 0.6) is 0 Å². The smallest absolute Gasteiger partial charge is 0.251 e. The molecule has 2 fully saturated rings. The van der Waals surface area contributed by atoms with E-state index in [0.29, 0.717) is 22.3 Å². The first-order chi connectivity index (χ1) is 15.1. The number of carbonyl (C=O) groups excluding carboxylic acids is 1. The number of hydrogen-bond acceptors (Lipinski definition) is 4. The standard InChI is InChI=1S/C24H28ClN5O/c1-26-23-11-8-20(16-22(23)25)28-18-4-6-19(7-5-18)29-24(31)17-2-9-21(10-3-17)30-14-12-27-13-15-30/h2-3,8-11,16,18-19,27-28H,4-7,12-15H2,(H,29,31). The maximum Gasteiger partial charge on any atom is 0.251 e. The molecule has 1 amide bonds. The number of nitrogens with zero attached hydrogens (tertiary/aromatic N) is 2. The molecule has 0 atom stereocenters. The molecule has 2 aromatic carbocycles. The number of carbonyl (C=O) groups is 1. The van der Waals surface area contributed by atoms with Crippen LogP contribution in [0.3, 0.4) is 0 Å². The lowest BCUT2D eigenvalue weighted by Crippen LogP contribution is -2.43. The molecule has 2 aromatic rings. The van der Waals surface area contributed by atoms with Gasteiger partial charge in [-0.05, 0) is 62.1 Å². The minimum absolute atomic E-state index is 0.00443. The molecule has 0 bridgehead atoms. The van der Waals surface area contributed by atoms with Crippen LogP contribution in [0.25, 0.3) is 4.85 Å². The first-order valence-electron chi connectivity index (χ1n) is 10.9. The normalized spacial score (nSPS) is 21.2. The maximum absolute atomic E-state index is 12.7. The van der Waals surface area contributed by atoms with E-state index >= 15 is 0 Å². The zero-order chi connectivity index (χ0) is 21.6. The molecule has 0 spiro atoms. The highest BCUT2D eigenvalue weighted by Gasteiger charge is 2.23. The van der Waals surface area contributed by atoms with Crippen LogP contribution in [-0.4, -0.2) is 44.2 Å². The molecule has 1 aliphatic carbocycles. The first kappa shape index (κ1) is 21.5. The SMILES string of the molecule is [C-]#[N+]c1ccc(NC2CCC(NC(=O)c3ccc(N4CCNCC4)cc3)CC2)cc1Cl. The highest BCUT2D eigenvalue weighted by atomic mass is 35.5. The molecule has 6 nitrogen and oxygen atoms in total. The fourth-order valence-corrected chi connectivity index (χ4v) is 4.54. The largest absolute Gasteiger partial charge is 0.382 e. The summed E-state index contributed by atoms with van der Waals surface area (Å²) in [6.45, 7) is 11.1. The second-order valence-corrected chi connectivity index (χ2v) is 8.64. The van der Waals surface area contributed by atoms with Gasteiger partial charge in [-0.25, -0.2) is 4.85 Å². The third-order valence-corrected chi connectivity index (χ3v) is 6.42. The summed E-state index contributed by atoms with van der Waals surface area (Å²) in [4.78, 5) is 18.4. The zero-order valence-corrected chi connectivity index (χ0v) is 18.3. The van der Waals surface area contributed by atoms with Crippen molar-refractivity contribution in [2.45, 2.75) is 37.8 Å². The van der Waals surface area contributed by atoms with Crippen molar-refractivity contribution >= 4 is 34.6 Å². The number of benzene rings is 2. The Morgan fingerprint density at radius 2 is 1.71 bits per heavy atom. The van der Waals surface area contributed by atoms with Gasteiger partial charge in [-0.3, -0.25) is 4.79 Å². The van der Waals surface area contributed by atoms with Crippen LogP contribution < -0.4 is 20.9 Å². The topological polar surface area (TPSA) is 60.8 Å². The average Bonchev–Trinajstić information content (AvgIpc) is 2.81. The van der Waals surface area contributed by atoms with Crippen molar-refractivity contribution < 1.29 is 4.79 Å². The molecule has 0 unspecified atom stereocenters. The summed E-state index contributed by atoms with van der Waals surface area (Å²) in [5.74, 6) is 0.00443. The summed E-state index contributed by atoms with van der Waals surface area (Å²) in [6.07, 6.45) is 3.84. The Labute approximate surface area is 188 Å². The van der Waals surface area contributed by atoms with Gasteiger partial charge in [0.2, 0.25) is 5.69 Å².